The Morgan fingerprint density at radius 3 is 1.50 bits per heavy atom. The van der Waals surface area contributed by atoms with Gasteiger partial charge in [0, 0.05) is 45.0 Å². The van der Waals surface area contributed by atoms with Crippen LogP contribution in [0, 0.1) is 0 Å². The minimum atomic E-state index is 1.06. The number of hydrogen-bond acceptors (Lipinski definition) is 2. The van der Waals surface area contributed by atoms with Crippen molar-refractivity contribution in [2.45, 2.75) is 0 Å². The van der Waals surface area contributed by atoms with Crippen molar-refractivity contribution in [3.63, 3.8) is 0 Å². The van der Waals surface area contributed by atoms with Gasteiger partial charge in [0.25, 0.3) is 0 Å². The third-order valence-corrected chi connectivity index (χ3v) is 5.56. The maximum atomic E-state index is 4.58. The largest absolute Gasteiger partial charge is 0.368 e. The summed E-state index contributed by atoms with van der Waals surface area (Å²) in [6, 6.07) is 35.3. The molecule has 0 amide bonds. The van der Waals surface area contributed by atoms with Gasteiger partial charge in [0.15, 0.2) is 0 Å². The molecule has 3 heterocycles. The summed E-state index contributed by atoms with van der Waals surface area (Å²) in [4.78, 5) is 7.96. The molecule has 1 aliphatic rings. The van der Waals surface area contributed by atoms with Gasteiger partial charge >= 0.3 is 0 Å². The van der Waals surface area contributed by atoms with Gasteiger partial charge in [-0.1, -0.05) is 84.9 Å². The Kier molecular flexibility index (Phi) is 6.45. The van der Waals surface area contributed by atoms with Gasteiger partial charge in [-0.05, 0) is 42.5 Å². The molecule has 0 bridgehead atoms. The average Bonchev–Trinajstić information content (AvgIpc) is 3.04. The molecule has 164 valence electrons. The Hall–Kier alpha value is -4.63. The quantitative estimate of drug-likeness (QED) is 0.236. The molecule has 0 spiro atoms. The predicted molar refractivity (Wildman–Crippen MR) is 146 cm³/mol. The lowest BCUT2D eigenvalue weighted by molar-refractivity contribution is 1.20. The lowest BCUT2D eigenvalue weighted by Gasteiger charge is -1.99. The molecule has 0 atom stereocenters. The van der Waals surface area contributed by atoms with Crippen molar-refractivity contribution < 1.29 is 0 Å². The van der Waals surface area contributed by atoms with Crippen LogP contribution in [0.2, 0.25) is 0 Å². The summed E-state index contributed by atoms with van der Waals surface area (Å²) in [5.74, 6) is 0. The number of nitrogens with zero attached hydrogens (tertiary/aromatic N) is 1. The van der Waals surface area contributed by atoms with Crippen molar-refractivity contribution in [1.29, 1.82) is 0 Å². The molecule has 0 saturated heterocycles. The number of benzene rings is 4. The van der Waals surface area contributed by atoms with Gasteiger partial charge in [-0.3, -0.25) is 0 Å². The number of allylic oxidation sites excluding steroid dienone is 4. The van der Waals surface area contributed by atoms with E-state index < -0.39 is 0 Å². The van der Waals surface area contributed by atoms with Gasteiger partial charge in [0.2, 0.25) is 0 Å². The van der Waals surface area contributed by atoms with Crippen molar-refractivity contribution in [2.24, 2.45) is 0 Å². The predicted octanol–water partition coefficient (Wildman–Crippen LogP) is 7.88. The molecule has 2 aromatic heterocycles. The third kappa shape index (κ3) is 4.89. The van der Waals surface area contributed by atoms with Gasteiger partial charge in [-0.25, -0.2) is 4.98 Å². The van der Waals surface area contributed by atoms with Crippen LogP contribution in [0.4, 0.5) is 0 Å². The highest BCUT2D eigenvalue weighted by molar-refractivity contribution is 6.07. The zero-order chi connectivity index (χ0) is 23.0. The van der Waals surface area contributed by atoms with Crippen LogP contribution < -0.4 is 5.32 Å². The highest BCUT2D eigenvalue weighted by Gasteiger charge is 2.00. The van der Waals surface area contributed by atoms with Crippen LogP contribution >= 0.6 is 0 Å². The lowest BCUT2D eigenvalue weighted by Crippen LogP contribution is -1.87. The number of H-pyrrole nitrogens is 1. The summed E-state index contributed by atoms with van der Waals surface area (Å²) in [6.45, 7) is 0. The van der Waals surface area contributed by atoms with Gasteiger partial charge < -0.3 is 10.3 Å². The van der Waals surface area contributed by atoms with Gasteiger partial charge in [-0.15, -0.1) is 0 Å². The first kappa shape index (κ1) is 21.2. The van der Waals surface area contributed by atoms with Crippen LogP contribution in [-0.4, -0.2) is 9.97 Å². The van der Waals surface area contributed by atoms with Gasteiger partial charge in [-0.2, -0.15) is 0 Å². The number of para-hydroxylation sites is 4. The average molecular weight is 440 g/mol. The molecule has 0 unspecified atom stereocenters. The van der Waals surface area contributed by atoms with E-state index in [1.54, 1.807) is 0 Å². The van der Waals surface area contributed by atoms with E-state index in [-0.39, 0.29) is 0 Å². The SMILES string of the molecule is C1=CC=CNC=C1.c1ccc2c(c1)[nH]c1ccccc12.c1ccc2nc3ccccc3cc2c1. The number of fused-ring (bicyclic) bond motifs is 5. The normalized spacial score (nSPS) is 12.0. The molecule has 0 aliphatic carbocycles. The summed E-state index contributed by atoms with van der Waals surface area (Å²) in [7, 11) is 0. The molecule has 7 rings (SSSR count). The van der Waals surface area contributed by atoms with Crippen molar-refractivity contribution in [3.8, 4) is 0 Å². The van der Waals surface area contributed by atoms with Crippen LogP contribution in [0.1, 0.15) is 0 Å². The minimum Gasteiger partial charge on any atom is -0.368 e. The van der Waals surface area contributed by atoms with Gasteiger partial charge in [0.05, 0.1) is 11.0 Å². The highest BCUT2D eigenvalue weighted by Crippen LogP contribution is 2.24. The molecule has 1 aliphatic heterocycles. The van der Waals surface area contributed by atoms with Gasteiger partial charge in [0.1, 0.15) is 0 Å². The Balaban J connectivity index is 0.000000112. The van der Waals surface area contributed by atoms with Crippen molar-refractivity contribution in [3.05, 3.63) is 140 Å². The first-order chi connectivity index (χ1) is 16.9. The number of aromatic nitrogens is 2. The Bertz CT molecular complexity index is 1470. The zero-order valence-electron chi connectivity index (χ0n) is 18.7. The summed E-state index contributed by atoms with van der Waals surface area (Å²) in [5, 5.41) is 7.93. The summed E-state index contributed by atoms with van der Waals surface area (Å²) < 4.78 is 0. The monoisotopic (exact) mass is 439 g/mol. The Labute approximate surface area is 198 Å². The molecular weight excluding hydrogens is 414 g/mol. The van der Waals surface area contributed by atoms with Crippen molar-refractivity contribution >= 4 is 43.6 Å². The Morgan fingerprint density at radius 2 is 0.941 bits per heavy atom. The van der Waals surface area contributed by atoms with Crippen LogP contribution in [0.15, 0.2) is 140 Å². The van der Waals surface area contributed by atoms with E-state index >= 15 is 0 Å². The lowest BCUT2D eigenvalue weighted by atomic mass is 10.1. The number of nitrogens with one attached hydrogen (secondary N) is 2. The van der Waals surface area contributed by atoms with E-state index in [9.17, 15) is 0 Å². The molecule has 4 aromatic carbocycles. The molecule has 6 aromatic rings. The minimum absolute atomic E-state index is 1.06. The maximum Gasteiger partial charge on any atom is 0.0709 e. The molecule has 0 radical (unpaired) electrons. The maximum absolute atomic E-state index is 4.58. The van der Waals surface area contributed by atoms with E-state index in [1.165, 1.54) is 32.6 Å². The molecule has 3 nitrogen and oxygen atoms in total. The third-order valence-electron chi connectivity index (χ3n) is 5.56. The van der Waals surface area contributed by atoms with Crippen LogP contribution in [0.25, 0.3) is 43.6 Å². The Morgan fingerprint density at radius 1 is 0.471 bits per heavy atom. The second-order valence-corrected chi connectivity index (χ2v) is 7.86. The number of aromatic amines is 1. The van der Waals surface area contributed by atoms with E-state index in [0.717, 1.165) is 11.0 Å². The fourth-order valence-electron chi connectivity index (χ4n) is 3.93. The topological polar surface area (TPSA) is 40.7 Å². The second-order valence-electron chi connectivity index (χ2n) is 7.86. The van der Waals surface area contributed by atoms with E-state index in [1.807, 2.05) is 73.1 Å². The number of pyridine rings is 1. The molecule has 0 saturated carbocycles. The fraction of sp³-hybridized carbons (Fsp3) is 0. The van der Waals surface area contributed by atoms with Crippen molar-refractivity contribution in [1.82, 2.24) is 15.3 Å². The molecule has 3 heteroatoms. The van der Waals surface area contributed by atoms with E-state index in [0.29, 0.717) is 0 Å². The van der Waals surface area contributed by atoms with Crippen LogP contribution in [0.3, 0.4) is 0 Å². The molecule has 2 N–H and O–H groups in total. The van der Waals surface area contributed by atoms with E-state index in [2.05, 4.69) is 82.0 Å². The summed E-state index contributed by atoms with van der Waals surface area (Å²) in [6.07, 6.45) is 11.6. The standard InChI is InChI=1S/C13H9N.C12H9N.C6H7N/c1-3-7-12-10(5-1)9-11-6-2-4-8-13(11)14-12;1-3-7-11-9(5-1)10-6-2-4-8-12(10)13-11;1-2-4-6-7-5-3-1/h1-9H;1-8,13H;1-7H. The first-order valence-electron chi connectivity index (χ1n) is 11.3. The summed E-state index contributed by atoms with van der Waals surface area (Å²) >= 11 is 0. The molecule has 34 heavy (non-hydrogen) atoms. The molecule has 0 fully saturated rings. The van der Waals surface area contributed by atoms with Crippen molar-refractivity contribution in [2.75, 3.05) is 0 Å². The van der Waals surface area contributed by atoms with E-state index in [4.69, 9.17) is 0 Å². The zero-order valence-corrected chi connectivity index (χ0v) is 18.7. The smallest absolute Gasteiger partial charge is 0.0709 e. The fourth-order valence-corrected chi connectivity index (χ4v) is 3.93. The summed E-state index contributed by atoms with van der Waals surface area (Å²) in [5.41, 5.74) is 4.55. The van der Waals surface area contributed by atoms with Crippen LogP contribution in [0.5, 0.6) is 0 Å². The highest BCUT2D eigenvalue weighted by atomic mass is 14.8. The van der Waals surface area contributed by atoms with Crippen LogP contribution in [-0.2, 0) is 0 Å². The number of rotatable bonds is 0. The number of hydrogen-bond donors (Lipinski definition) is 2. The second kappa shape index (κ2) is 10.3. The molecular formula is C31H25N3. The first-order valence-corrected chi connectivity index (χ1v) is 11.3.